The SMILES string of the molecule is NC(=O)C(O)OCC(=O)O. The van der Waals surface area contributed by atoms with Crippen molar-refractivity contribution in [1.82, 2.24) is 0 Å². The molecule has 0 aromatic carbocycles. The molecule has 0 bridgehead atoms. The highest BCUT2D eigenvalue weighted by molar-refractivity contribution is 5.77. The van der Waals surface area contributed by atoms with Gasteiger partial charge in [0, 0.05) is 0 Å². The van der Waals surface area contributed by atoms with Gasteiger partial charge in [0.2, 0.25) is 6.29 Å². The maximum absolute atomic E-state index is 9.97. The molecule has 6 nitrogen and oxygen atoms in total. The first-order valence-electron chi connectivity index (χ1n) is 2.35. The van der Waals surface area contributed by atoms with E-state index in [0.29, 0.717) is 0 Å². The Hall–Kier alpha value is -1.14. The van der Waals surface area contributed by atoms with Crippen molar-refractivity contribution in [3.8, 4) is 0 Å². The van der Waals surface area contributed by atoms with Crippen molar-refractivity contribution in [3.05, 3.63) is 0 Å². The fourth-order valence-electron chi connectivity index (χ4n) is 0.232. The molecule has 0 aliphatic carbocycles. The van der Waals surface area contributed by atoms with Gasteiger partial charge in [-0.3, -0.25) is 4.79 Å². The van der Waals surface area contributed by atoms with Gasteiger partial charge in [-0.25, -0.2) is 4.79 Å². The average Bonchev–Trinajstić information content (AvgIpc) is 1.82. The highest BCUT2D eigenvalue weighted by atomic mass is 16.6. The van der Waals surface area contributed by atoms with E-state index in [1.54, 1.807) is 0 Å². The molecule has 0 aromatic rings. The van der Waals surface area contributed by atoms with E-state index in [9.17, 15) is 9.59 Å². The summed E-state index contributed by atoms with van der Waals surface area (Å²) in [5.41, 5.74) is 4.52. The fourth-order valence-corrected chi connectivity index (χ4v) is 0.232. The second-order valence-electron chi connectivity index (χ2n) is 1.46. The minimum atomic E-state index is -1.84. The second-order valence-corrected chi connectivity index (χ2v) is 1.46. The Kier molecular flexibility index (Phi) is 3.37. The summed E-state index contributed by atoms with van der Waals surface area (Å²) in [6, 6.07) is 0. The Labute approximate surface area is 56.2 Å². The van der Waals surface area contributed by atoms with Gasteiger partial charge in [0.1, 0.15) is 6.61 Å². The molecule has 0 saturated carbocycles. The van der Waals surface area contributed by atoms with E-state index in [0.717, 1.165) is 0 Å². The van der Waals surface area contributed by atoms with Crippen LogP contribution in [0.1, 0.15) is 0 Å². The number of carboxylic acids is 1. The van der Waals surface area contributed by atoms with E-state index < -0.39 is 24.8 Å². The van der Waals surface area contributed by atoms with Gasteiger partial charge in [0.05, 0.1) is 0 Å². The van der Waals surface area contributed by atoms with Gasteiger partial charge < -0.3 is 20.7 Å². The lowest BCUT2D eigenvalue weighted by atomic mass is 10.6. The molecular weight excluding hydrogens is 142 g/mol. The zero-order valence-corrected chi connectivity index (χ0v) is 4.98. The molecule has 10 heavy (non-hydrogen) atoms. The van der Waals surface area contributed by atoms with Crippen molar-refractivity contribution in [2.75, 3.05) is 6.61 Å². The molecular formula is C4H7NO5. The third kappa shape index (κ3) is 3.81. The number of aliphatic carboxylic acids is 1. The summed E-state index contributed by atoms with van der Waals surface area (Å²) in [7, 11) is 0. The first-order valence-corrected chi connectivity index (χ1v) is 2.35. The van der Waals surface area contributed by atoms with E-state index in [1.165, 1.54) is 0 Å². The Morgan fingerprint density at radius 1 is 1.60 bits per heavy atom. The van der Waals surface area contributed by atoms with Crippen LogP contribution in [0.5, 0.6) is 0 Å². The summed E-state index contributed by atoms with van der Waals surface area (Å²) in [6.07, 6.45) is -1.84. The number of hydrogen-bond donors (Lipinski definition) is 3. The number of hydrogen-bond acceptors (Lipinski definition) is 4. The second kappa shape index (κ2) is 3.80. The molecule has 0 radical (unpaired) electrons. The van der Waals surface area contributed by atoms with Gasteiger partial charge in [-0.2, -0.15) is 0 Å². The van der Waals surface area contributed by atoms with Crippen LogP contribution >= 0.6 is 0 Å². The smallest absolute Gasteiger partial charge is 0.329 e. The number of carbonyl (C=O) groups excluding carboxylic acids is 1. The first kappa shape index (κ1) is 8.86. The van der Waals surface area contributed by atoms with Crippen LogP contribution in [0.15, 0.2) is 0 Å². The van der Waals surface area contributed by atoms with Crippen LogP contribution in [0.4, 0.5) is 0 Å². The molecule has 0 heterocycles. The summed E-state index contributed by atoms with van der Waals surface area (Å²) >= 11 is 0. The number of carbonyl (C=O) groups is 2. The summed E-state index contributed by atoms with van der Waals surface area (Å²) in [4.78, 5) is 19.7. The molecule has 6 heteroatoms. The summed E-state index contributed by atoms with van der Waals surface area (Å²) in [6.45, 7) is -0.746. The van der Waals surface area contributed by atoms with Gasteiger partial charge in [0.25, 0.3) is 5.91 Å². The van der Waals surface area contributed by atoms with Crippen LogP contribution in [-0.4, -0.2) is 35.0 Å². The van der Waals surface area contributed by atoms with Crippen molar-refractivity contribution in [2.24, 2.45) is 5.73 Å². The van der Waals surface area contributed by atoms with Crippen LogP contribution in [0.2, 0.25) is 0 Å². The van der Waals surface area contributed by atoms with Crippen molar-refractivity contribution in [3.63, 3.8) is 0 Å². The number of ether oxygens (including phenoxy) is 1. The zero-order chi connectivity index (χ0) is 8.15. The van der Waals surface area contributed by atoms with Crippen LogP contribution in [0.3, 0.4) is 0 Å². The summed E-state index contributed by atoms with van der Waals surface area (Å²) in [5.74, 6) is -2.39. The molecule has 0 saturated heterocycles. The van der Waals surface area contributed by atoms with Gasteiger partial charge in [0.15, 0.2) is 0 Å². The van der Waals surface area contributed by atoms with E-state index in [-0.39, 0.29) is 0 Å². The molecule has 1 atom stereocenters. The minimum absolute atomic E-state index is 0.746. The van der Waals surface area contributed by atoms with E-state index in [1.807, 2.05) is 0 Å². The number of primary amides is 1. The zero-order valence-electron chi connectivity index (χ0n) is 4.98. The number of amides is 1. The molecule has 0 aliphatic heterocycles. The quantitative estimate of drug-likeness (QED) is 0.396. The third-order valence-corrected chi connectivity index (χ3v) is 0.608. The number of aliphatic hydroxyl groups excluding tert-OH is 1. The topological polar surface area (TPSA) is 110 Å². The van der Waals surface area contributed by atoms with Crippen LogP contribution in [-0.2, 0) is 14.3 Å². The molecule has 0 aromatic heterocycles. The minimum Gasteiger partial charge on any atom is -0.480 e. The molecule has 0 fully saturated rings. The highest BCUT2D eigenvalue weighted by Crippen LogP contribution is 1.83. The first-order chi connectivity index (χ1) is 4.54. The Bertz CT molecular complexity index is 145. The Morgan fingerprint density at radius 2 is 2.10 bits per heavy atom. The standard InChI is InChI=1S/C4H7NO5/c5-3(8)4(9)10-1-2(6)7/h4,9H,1H2,(H2,5,8)(H,6,7). The van der Waals surface area contributed by atoms with Crippen molar-refractivity contribution >= 4 is 11.9 Å². The van der Waals surface area contributed by atoms with Gasteiger partial charge in [-0.05, 0) is 0 Å². The number of rotatable bonds is 4. The lowest BCUT2D eigenvalue weighted by molar-refractivity contribution is -0.165. The van der Waals surface area contributed by atoms with Crippen molar-refractivity contribution in [1.29, 1.82) is 0 Å². The van der Waals surface area contributed by atoms with Crippen LogP contribution in [0.25, 0.3) is 0 Å². The van der Waals surface area contributed by atoms with Crippen molar-refractivity contribution in [2.45, 2.75) is 6.29 Å². The normalized spacial score (nSPS) is 12.5. The maximum atomic E-state index is 9.97. The third-order valence-electron chi connectivity index (χ3n) is 0.608. The lowest BCUT2D eigenvalue weighted by Gasteiger charge is -2.03. The number of nitrogens with two attached hydrogens (primary N) is 1. The summed E-state index contributed by atoms with van der Waals surface area (Å²) in [5, 5.41) is 16.4. The Balaban J connectivity index is 3.49. The highest BCUT2D eigenvalue weighted by Gasteiger charge is 2.11. The molecule has 1 unspecified atom stereocenters. The molecule has 0 aliphatic rings. The maximum Gasteiger partial charge on any atom is 0.329 e. The molecule has 0 spiro atoms. The molecule has 0 rings (SSSR count). The van der Waals surface area contributed by atoms with E-state index >= 15 is 0 Å². The van der Waals surface area contributed by atoms with Crippen molar-refractivity contribution < 1.29 is 24.5 Å². The van der Waals surface area contributed by atoms with Gasteiger partial charge in [-0.1, -0.05) is 0 Å². The number of carboxylic acid groups (broad SMARTS) is 1. The fraction of sp³-hybridized carbons (Fsp3) is 0.500. The van der Waals surface area contributed by atoms with Crippen LogP contribution in [0, 0.1) is 0 Å². The monoisotopic (exact) mass is 149 g/mol. The average molecular weight is 149 g/mol. The van der Waals surface area contributed by atoms with Gasteiger partial charge >= 0.3 is 5.97 Å². The molecule has 1 amide bonds. The predicted octanol–water partition coefficient (Wildman–Crippen LogP) is -2.11. The van der Waals surface area contributed by atoms with Crippen LogP contribution < -0.4 is 5.73 Å². The predicted molar refractivity (Wildman–Crippen MR) is 28.8 cm³/mol. The number of aliphatic hydroxyl groups is 1. The Morgan fingerprint density at radius 3 is 2.40 bits per heavy atom. The summed E-state index contributed by atoms with van der Waals surface area (Å²) < 4.78 is 4.05. The largest absolute Gasteiger partial charge is 0.480 e. The molecule has 58 valence electrons. The molecule has 4 N–H and O–H groups in total. The van der Waals surface area contributed by atoms with E-state index in [4.69, 9.17) is 10.2 Å². The van der Waals surface area contributed by atoms with Gasteiger partial charge in [-0.15, -0.1) is 0 Å². The van der Waals surface area contributed by atoms with E-state index in [2.05, 4.69) is 10.5 Å². The lowest BCUT2D eigenvalue weighted by Crippen LogP contribution is -2.32.